The predicted molar refractivity (Wildman–Crippen MR) is 78.1 cm³/mol. The largest absolute Gasteiger partial charge is 0.326 e. The minimum atomic E-state index is -0.0700. The summed E-state index contributed by atoms with van der Waals surface area (Å²) in [5.41, 5.74) is 0.740. The number of rotatable bonds is 4. The molecule has 0 fully saturated rings. The summed E-state index contributed by atoms with van der Waals surface area (Å²) in [6, 6.07) is 5.30. The number of hydrogen-bond donors (Lipinski definition) is 2. The molecule has 1 atom stereocenters. The fourth-order valence-electron chi connectivity index (χ4n) is 1.24. The third kappa shape index (κ3) is 5.25. The van der Waals surface area contributed by atoms with Crippen LogP contribution < -0.4 is 10.6 Å². The van der Waals surface area contributed by atoms with E-state index in [1.807, 2.05) is 14.0 Å². The zero-order valence-electron chi connectivity index (χ0n) is 9.59. The highest BCUT2D eigenvalue weighted by Crippen LogP contribution is 2.25. The summed E-state index contributed by atoms with van der Waals surface area (Å²) >= 11 is 9.17. The molecule has 0 aliphatic heterocycles. The highest BCUT2D eigenvalue weighted by molar-refractivity contribution is 9.10. The van der Waals surface area contributed by atoms with Crippen LogP contribution >= 0.6 is 39.9 Å². The summed E-state index contributed by atoms with van der Waals surface area (Å²) in [5, 5.41) is 6.42. The van der Waals surface area contributed by atoms with Gasteiger partial charge in [0, 0.05) is 22.6 Å². The van der Waals surface area contributed by atoms with E-state index in [0.717, 1.165) is 10.2 Å². The van der Waals surface area contributed by atoms with E-state index in [2.05, 4.69) is 26.6 Å². The first-order chi connectivity index (χ1) is 7.54. The SMILES string of the molecule is CNCC(C)C(=O)Nc1ccc(Cl)c(Br)c1.Cl. The third-order valence-corrected chi connectivity index (χ3v) is 3.36. The van der Waals surface area contributed by atoms with Crippen LogP contribution in [0.5, 0.6) is 0 Å². The van der Waals surface area contributed by atoms with Crippen molar-refractivity contribution in [3.05, 3.63) is 27.7 Å². The van der Waals surface area contributed by atoms with E-state index in [0.29, 0.717) is 11.6 Å². The van der Waals surface area contributed by atoms with Gasteiger partial charge in [-0.25, -0.2) is 0 Å². The Balaban J connectivity index is 0.00000256. The lowest BCUT2D eigenvalue weighted by Crippen LogP contribution is -2.28. The summed E-state index contributed by atoms with van der Waals surface area (Å²) in [7, 11) is 1.82. The number of carbonyl (C=O) groups excluding carboxylic acids is 1. The quantitative estimate of drug-likeness (QED) is 0.882. The number of benzene rings is 1. The van der Waals surface area contributed by atoms with Crippen molar-refractivity contribution >= 4 is 51.5 Å². The van der Waals surface area contributed by atoms with Crippen LogP contribution in [-0.4, -0.2) is 19.5 Å². The van der Waals surface area contributed by atoms with Crippen molar-refractivity contribution in [2.45, 2.75) is 6.92 Å². The van der Waals surface area contributed by atoms with Gasteiger partial charge in [0.25, 0.3) is 0 Å². The monoisotopic (exact) mass is 340 g/mol. The van der Waals surface area contributed by atoms with Crippen molar-refractivity contribution in [2.24, 2.45) is 5.92 Å². The smallest absolute Gasteiger partial charge is 0.228 e. The minimum Gasteiger partial charge on any atom is -0.326 e. The van der Waals surface area contributed by atoms with Crippen molar-refractivity contribution in [3.8, 4) is 0 Å². The summed E-state index contributed by atoms with van der Waals surface area (Å²) in [6.07, 6.45) is 0. The molecule has 2 N–H and O–H groups in total. The van der Waals surface area contributed by atoms with Crippen molar-refractivity contribution in [2.75, 3.05) is 18.9 Å². The van der Waals surface area contributed by atoms with Gasteiger partial charge in [0.2, 0.25) is 5.91 Å². The predicted octanol–water partition coefficient (Wildman–Crippen LogP) is 3.32. The molecule has 0 saturated heterocycles. The Bertz CT molecular complexity index is 388. The van der Waals surface area contributed by atoms with Gasteiger partial charge in [-0.2, -0.15) is 0 Å². The van der Waals surface area contributed by atoms with Crippen molar-refractivity contribution in [3.63, 3.8) is 0 Å². The van der Waals surface area contributed by atoms with E-state index in [4.69, 9.17) is 11.6 Å². The van der Waals surface area contributed by atoms with Gasteiger partial charge in [-0.15, -0.1) is 12.4 Å². The number of halogens is 3. The third-order valence-electron chi connectivity index (χ3n) is 2.15. The first kappa shape index (κ1) is 16.7. The second-order valence-corrected chi connectivity index (χ2v) is 4.84. The highest BCUT2D eigenvalue weighted by Gasteiger charge is 2.12. The van der Waals surface area contributed by atoms with Crippen LogP contribution in [0.1, 0.15) is 6.92 Å². The Morgan fingerprint density at radius 3 is 2.71 bits per heavy atom. The number of nitrogens with one attached hydrogen (secondary N) is 2. The van der Waals surface area contributed by atoms with Crippen LogP contribution in [0.25, 0.3) is 0 Å². The molecule has 0 heterocycles. The molecule has 96 valence electrons. The average molecular weight is 342 g/mol. The lowest BCUT2D eigenvalue weighted by molar-refractivity contribution is -0.119. The maximum atomic E-state index is 11.7. The molecule has 3 nitrogen and oxygen atoms in total. The molecule has 0 saturated carbocycles. The van der Waals surface area contributed by atoms with Crippen LogP contribution in [-0.2, 0) is 4.79 Å². The lowest BCUT2D eigenvalue weighted by Gasteiger charge is -2.11. The number of carbonyl (C=O) groups is 1. The summed E-state index contributed by atoms with van der Waals surface area (Å²) in [5.74, 6) is -0.0805. The highest BCUT2D eigenvalue weighted by atomic mass is 79.9. The van der Waals surface area contributed by atoms with Crippen molar-refractivity contribution in [1.82, 2.24) is 5.32 Å². The molecular weight excluding hydrogens is 327 g/mol. The first-order valence-corrected chi connectivity index (χ1v) is 6.12. The Morgan fingerprint density at radius 2 is 2.18 bits per heavy atom. The zero-order chi connectivity index (χ0) is 12.1. The molecule has 1 rings (SSSR count). The average Bonchev–Trinajstić information content (AvgIpc) is 2.24. The molecule has 1 aromatic carbocycles. The number of hydrogen-bond acceptors (Lipinski definition) is 2. The Morgan fingerprint density at radius 1 is 1.53 bits per heavy atom. The maximum Gasteiger partial charge on any atom is 0.228 e. The van der Waals surface area contributed by atoms with Gasteiger partial charge >= 0.3 is 0 Å². The standard InChI is InChI=1S/C11H14BrClN2O.ClH/c1-7(6-14-2)11(16)15-8-3-4-10(13)9(12)5-8;/h3-5,7,14H,6H2,1-2H3,(H,15,16);1H. The summed E-state index contributed by atoms with van der Waals surface area (Å²) in [4.78, 5) is 11.7. The van der Waals surface area contributed by atoms with Gasteiger partial charge in [-0.1, -0.05) is 18.5 Å². The first-order valence-electron chi connectivity index (χ1n) is 4.95. The Hall–Kier alpha value is -0.290. The van der Waals surface area contributed by atoms with Crippen LogP contribution in [0.3, 0.4) is 0 Å². The van der Waals surface area contributed by atoms with Crippen LogP contribution in [0.4, 0.5) is 5.69 Å². The molecule has 1 aromatic rings. The molecule has 0 spiro atoms. The second-order valence-electron chi connectivity index (χ2n) is 3.58. The molecule has 6 heteroatoms. The topological polar surface area (TPSA) is 41.1 Å². The molecule has 0 aromatic heterocycles. The molecule has 0 bridgehead atoms. The van der Waals surface area contributed by atoms with Crippen LogP contribution in [0.2, 0.25) is 5.02 Å². The Kier molecular flexibility index (Phi) is 7.79. The van der Waals surface area contributed by atoms with Crippen molar-refractivity contribution < 1.29 is 4.79 Å². The van der Waals surface area contributed by atoms with E-state index in [9.17, 15) is 4.79 Å². The molecule has 0 radical (unpaired) electrons. The normalized spacial score (nSPS) is 11.5. The van der Waals surface area contributed by atoms with Gasteiger partial charge < -0.3 is 10.6 Å². The van der Waals surface area contributed by atoms with E-state index in [-0.39, 0.29) is 24.2 Å². The van der Waals surface area contributed by atoms with Gasteiger partial charge in [0.05, 0.1) is 5.02 Å². The van der Waals surface area contributed by atoms with Crippen LogP contribution in [0, 0.1) is 5.92 Å². The van der Waals surface area contributed by atoms with Crippen LogP contribution in [0.15, 0.2) is 22.7 Å². The maximum absolute atomic E-state index is 11.7. The molecule has 17 heavy (non-hydrogen) atoms. The molecule has 1 amide bonds. The number of anilines is 1. The Labute approximate surface area is 121 Å². The van der Waals surface area contributed by atoms with Gasteiger partial charge in [0.1, 0.15) is 0 Å². The fraction of sp³-hybridized carbons (Fsp3) is 0.364. The van der Waals surface area contributed by atoms with E-state index in [1.54, 1.807) is 18.2 Å². The zero-order valence-corrected chi connectivity index (χ0v) is 12.7. The molecule has 0 aliphatic rings. The minimum absolute atomic E-state index is 0. The van der Waals surface area contributed by atoms with E-state index < -0.39 is 0 Å². The summed E-state index contributed by atoms with van der Waals surface area (Å²) < 4.78 is 0.772. The van der Waals surface area contributed by atoms with Gasteiger partial charge in [-0.05, 0) is 41.2 Å². The van der Waals surface area contributed by atoms with Gasteiger partial charge in [0.15, 0.2) is 0 Å². The van der Waals surface area contributed by atoms with E-state index >= 15 is 0 Å². The summed E-state index contributed by atoms with van der Waals surface area (Å²) in [6.45, 7) is 2.53. The second kappa shape index (κ2) is 7.93. The molecule has 1 unspecified atom stereocenters. The molecule has 0 aliphatic carbocycles. The van der Waals surface area contributed by atoms with Gasteiger partial charge in [-0.3, -0.25) is 4.79 Å². The van der Waals surface area contributed by atoms with E-state index in [1.165, 1.54) is 0 Å². The fourth-order valence-corrected chi connectivity index (χ4v) is 1.73. The molecular formula is C11H15BrCl2N2O. The van der Waals surface area contributed by atoms with Crippen molar-refractivity contribution in [1.29, 1.82) is 0 Å². The lowest BCUT2D eigenvalue weighted by atomic mass is 10.1. The number of amides is 1.